The molecule has 1 aromatic heterocycles. The van der Waals surface area contributed by atoms with Crippen LogP contribution in [0.1, 0.15) is 28.9 Å². The minimum Gasteiger partial charge on any atom is -0.358 e. The molecule has 0 spiro atoms. The van der Waals surface area contributed by atoms with Crippen molar-refractivity contribution in [2.75, 3.05) is 13.6 Å². The van der Waals surface area contributed by atoms with Crippen molar-refractivity contribution >= 4 is 22.7 Å². The highest BCUT2D eigenvalue weighted by Gasteiger charge is 2.33. The number of nitrogens with one attached hydrogen (secondary N) is 2. The molecule has 2 amide bonds. The van der Waals surface area contributed by atoms with E-state index in [0.717, 1.165) is 28.8 Å². The quantitative estimate of drug-likeness (QED) is 0.723. The van der Waals surface area contributed by atoms with Crippen molar-refractivity contribution in [2.24, 2.45) is 0 Å². The van der Waals surface area contributed by atoms with Gasteiger partial charge in [0.05, 0.1) is 5.52 Å². The summed E-state index contributed by atoms with van der Waals surface area (Å²) in [6, 6.07) is 14.1. The van der Waals surface area contributed by atoms with Crippen molar-refractivity contribution in [3.8, 4) is 11.1 Å². The van der Waals surface area contributed by atoms with Crippen LogP contribution in [-0.2, 0) is 4.79 Å². The number of benzene rings is 2. The van der Waals surface area contributed by atoms with Crippen LogP contribution in [0.5, 0.6) is 0 Å². The van der Waals surface area contributed by atoms with E-state index in [1.807, 2.05) is 31.2 Å². The third kappa shape index (κ3) is 3.42. The number of para-hydroxylation sites is 1. The number of fused-ring (bicyclic) bond motifs is 1. The molecular formula is C23H23N3O3. The SMILES string of the molecule is CNC(=O)[C@@H]1CCCN1C(=O)c1ccc(-c2cccc3c(=O)cc(C)[nH]c23)cc1. The number of H-pyrrole nitrogens is 1. The molecule has 2 aromatic carbocycles. The summed E-state index contributed by atoms with van der Waals surface area (Å²) >= 11 is 0. The molecule has 1 aliphatic rings. The van der Waals surface area contributed by atoms with Crippen LogP contribution in [0.3, 0.4) is 0 Å². The summed E-state index contributed by atoms with van der Waals surface area (Å²) in [6.07, 6.45) is 1.51. The molecule has 1 saturated heterocycles. The lowest BCUT2D eigenvalue weighted by Gasteiger charge is -2.23. The maximum atomic E-state index is 12.9. The van der Waals surface area contributed by atoms with Gasteiger partial charge in [-0.1, -0.05) is 24.3 Å². The van der Waals surface area contributed by atoms with Gasteiger partial charge in [-0.2, -0.15) is 0 Å². The van der Waals surface area contributed by atoms with Gasteiger partial charge in [0, 0.05) is 41.9 Å². The predicted octanol–water partition coefficient (Wildman–Crippen LogP) is 2.85. The number of likely N-dealkylation sites (N-methyl/N-ethyl adjacent to an activating group) is 1. The summed E-state index contributed by atoms with van der Waals surface area (Å²) in [5.74, 6) is -0.257. The molecule has 0 saturated carbocycles. The number of hydrogen-bond acceptors (Lipinski definition) is 3. The van der Waals surface area contributed by atoms with Crippen LogP contribution < -0.4 is 10.7 Å². The molecule has 0 radical (unpaired) electrons. The smallest absolute Gasteiger partial charge is 0.254 e. The van der Waals surface area contributed by atoms with Gasteiger partial charge in [-0.3, -0.25) is 14.4 Å². The van der Waals surface area contributed by atoms with Gasteiger partial charge in [-0.05, 0) is 43.5 Å². The number of hydrogen-bond donors (Lipinski definition) is 2. The lowest BCUT2D eigenvalue weighted by Crippen LogP contribution is -2.44. The van der Waals surface area contributed by atoms with Crippen molar-refractivity contribution < 1.29 is 9.59 Å². The van der Waals surface area contributed by atoms with E-state index in [9.17, 15) is 14.4 Å². The molecule has 0 bridgehead atoms. The summed E-state index contributed by atoms with van der Waals surface area (Å²) in [5, 5.41) is 3.28. The number of rotatable bonds is 3. The van der Waals surface area contributed by atoms with E-state index in [-0.39, 0.29) is 17.2 Å². The van der Waals surface area contributed by atoms with Gasteiger partial charge in [0.25, 0.3) is 5.91 Å². The van der Waals surface area contributed by atoms with E-state index in [4.69, 9.17) is 0 Å². The Morgan fingerprint density at radius 1 is 1.14 bits per heavy atom. The number of nitrogens with zero attached hydrogens (tertiary/aromatic N) is 1. The first-order chi connectivity index (χ1) is 14.0. The summed E-state index contributed by atoms with van der Waals surface area (Å²) in [6.45, 7) is 2.45. The molecule has 1 aliphatic heterocycles. The molecule has 3 aromatic rings. The number of aromatic amines is 1. The number of aryl methyl sites for hydroxylation is 1. The number of carbonyl (C=O) groups is 2. The average Bonchev–Trinajstić information content (AvgIpc) is 3.22. The average molecular weight is 389 g/mol. The zero-order valence-electron chi connectivity index (χ0n) is 16.5. The van der Waals surface area contributed by atoms with Crippen molar-refractivity contribution in [2.45, 2.75) is 25.8 Å². The highest BCUT2D eigenvalue weighted by molar-refractivity contribution is 5.99. The Labute approximate surface area is 168 Å². The fourth-order valence-corrected chi connectivity index (χ4v) is 4.05. The summed E-state index contributed by atoms with van der Waals surface area (Å²) in [5.41, 5.74) is 3.95. The van der Waals surface area contributed by atoms with Gasteiger partial charge in [0.1, 0.15) is 6.04 Å². The van der Waals surface area contributed by atoms with Gasteiger partial charge in [-0.15, -0.1) is 0 Å². The maximum absolute atomic E-state index is 12.9. The lowest BCUT2D eigenvalue weighted by molar-refractivity contribution is -0.124. The summed E-state index contributed by atoms with van der Waals surface area (Å²) in [7, 11) is 1.59. The number of amides is 2. The number of pyridine rings is 1. The Morgan fingerprint density at radius 3 is 2.62 bits per heavy atom. The van der Waals surface area contributed by atoms with Gasteiger partial charge in [-0.25, -0.2) is 0 Å². The van der Waals surface area contributed by atoms with Crippen LogP contribution in [0.4, 0.5) is 0 Å². The third-order valence-corrected chi connectivity index (χ3v) is 5.51. The van der Waals surface area contributed by atoms with Crippen LogP contribution in [-0.4, -0.2) is 41.3 Å². The number of carbonyl (C=O) groups excluding carboxylic acids is 2. The van der Waals surface area contributed by atoms with Crippen molar-refractivity contribution in [1.82, 2.24) is 15.2 Å². The van der Waals surface area contributed by atoms with Crippen molar-refractivity contribution in [1.29, 1.82) is 0 Å². The van der Waals surface area contributed by atoms with Gasteiger partial charge in [0.15, 0.2) is 5.43 Å². The molecule has 2 N–H and O–H groups in total. The van der Waals surface area contributed by atoms with Gasteiger partial charge < -0.3 is 15.2 Å². The molecule has 6 nitrogen and oxygen atoms in total. The Kier molecular flexibility index (Phi) is 4.92. The lowest BCUT2D eigenvalue weighted by atomic mass is 10.00. The molecule has 4 rings (SSSR count). The monoisotopic (exact) mass is 389 g/mol. The van der Waals surface area contributed by atoms with E-state index in [0.29, 0.717) is 23.9 Å². The zero-order valence-corrected chi connectivity index (χ0v) is 16.5. The second-order valence-corrected chi connectivity index (χ2v) is 7.39. The van der Waals surface area contributed by atoms with E-state index in [2.05, 4.69) is 10.3 Å². The van der Waals surface area contributed by atoms with Crippen LogP contribution in [0, 0.1) is 6.92 Å². The van der Waals surface area contributed by atoms with Crippen LogP contribution in [0.2, 0.25) is 0 Å². The van der Waals surface area contributed by atoms with Crippen molar-refractivity contribution in [3.63, 3.8) is 0 Å². The molecule has 2 heterocycles. The predicted molar refractivity (Wildman–Crippen MR) is 113 cm³/mol. The highest BCUT2D eigenvalue weighted by Crippen LogP contribution is 2.27. The van der Waals surface area contributed by atoms with E-state index >= 15 is 0 Å². The summed E-state index contributed by atoms with van der Waals surface area (Å²) < 4.78 is 0. The van der Waals surface area contributed by atoms with Gasteiger partial charge >= 0.3 is 0 Å². The topological polar surface area (TPSA) is 82.3 Å². The molecule has 6 heteroatoms. The third-order valence-electron chi connectivity index (χ3n) is 5.51. The second-order valence-electron chi connectivity index (χ2n) is 7.39. The van der Waals surface area contributed by atoms with Crippen LogP contribution in [0.25, 0.3) is 22.0 Å². The van der Waals surface area contributed by atoms with E-state index in [1.54, 1.807) is 36.2 Å². The zero-order chi connectivity index (χ0) is 20.5. The van der Waals surface area contributed by atoms with E-state index in [1.165, 1.54) is 0 Å². The fourth-order valence-electron chi connectivity index (χ4n) is 4.05. The summed E-state index contributed by atoms with van der Waals surface area (Å²) in [4.78, 5) is 42.2. The van der Waals surface area contributed by atoms with Crippen molar-refractivity contribution in [3.05, 3.63) is 70.0 Å². The maximum Gasteiger partial charge on any atom is 0.254 e. The highest BCUT2D eigenvalue weighted by atomic mass is 16.2. The number of aromatic nitrogens is 1. The first-order valence-electron chi connectivity index (χ1n) is 9.75. The first kappa shape index (κ1) is 18.9. The molecule has 0 unspecified atom stereocenters. The van der Waals surface area contributed by atoms with Crippen LogP contribution in [0.15, 0.2) is 53.3 Å². The van der Waals surface area contributed by atoms with Gasteiger partial charge in [0.2, 0.25) is 5.91 Å². The normalized spacial score (nSPS) is 16.2. The Bertz CT molecular complexity index is 1150. The molecule has 29 heavy (non-hydrogen) atoms. The molecular weight excluding hydrogens is 366 g/mol. The Balaban J connectivity index is 1.67. The first-order valence-corrected chi connectivity index (χ1v) is 9.75. The Hall–Kier alpha value is -3.41. The van der Waals surface area contributed by atoms with E-state index < -0.39 is 6.04 Å². The molecule has 1 fully saturated rings. The molecule has 1 atom stereocenters. The second kappa shape index (κ2) is 7.54. The number of likely N-dealkylation sites (tertiary alicyclic amines) is 1. The largest absolute Gasteiger partial charge is 0.358 e. The molecule has 0 aliphatic carbocycles. The Morgan fingerprint density at radius 2 is 1.90 bits per heavy atom. The standard InChI is InChI=1S/C23H23N3O3/c1-14-13-20(27)18-6-3-5-17(21(18)25-14)15-8-10-16(11-9-15)23(29)26-12-4-7-19(26)22(28)24-2/h3,5-6,8-11,13,19H,4,7,12H2,1-2H3,(H,24,28)(H,25,27)/t19-/m0/s1. The molecule has 148 valence electrons. The minimum atomic E-state index is -0.404. The fraction of sp³-hybridized carbons (Fsp3) is 0.261. The minimum absolute atomic E-state index is 0.0147. The van der Waals surface area contributed by atoms with Crippen LogP contribution >= 0.6 is 0 Å².